The van der Waals surface area contributed by atoms with E-state index < -0.39 is 0 Å². The first kappa shape index (κ1) is 12.3. The maximum absolute atomic E-state index is 9.33. The standard InChI is InChI=1S/C11H22ClNO/c12-7-3-1-2-4-8-13-9-5-11(14)6-10-13/h11,14H,1-10H2. The van der Waals surface area contributed by atoms with Crippen LogP contribution >= 0.6 is 11.6 Å². The normalized spacial score (nSPS) is 20.1. The number of rotatable bonds is 6. The molecule has 1 aliphatic heterocycles. The third kappa shape index (κ3) is 5.18. The van der Waals surface area contributed by atoms with Crippen LogP contribution in [0.25, 0.3) is 0 Å². The number of nitrogens with zero attached hydrogens (tertiary/aromatic N) is 1. The summed E-state index contributed by atoms with van der Waals surface area (Å²) in [5.74, 6) is 0.801. The van der Waals surface area contributed by atoms with Crippen molar-refractivity contribution in [3.63, 3.8) is 0 Å². The molecule has 0 radical (unpaired) electrons. The second-order valence-electron chi connectivity index (χ2n) is 4.18. The molecule has 1 aliphatic rings. The van der Waals surface area contributed by atoms with Crippen LogP contribution in [-0.4, -0.2) is 41.6 Å². The molecule has 0 aromatic rings. The second kappa shape index (κ2) is 7.49. The largest absolute Gasteiger partial charge is 0.393 e. The summed E-state index contributed by atoms with van der Waals surface area (Å²) in [4.78, 5) is 2.47. The molecule has 1 saturated heterocycles. The highest BCUT2D eigenvalue weighted by Gasteiger charge is 2.15. The number of hydrogen-bond donors (Lipinski definition) is 1. The fraction of sp³-hybridized carbons (Fsp3) is 1.00. The van der Waals surface area contributed by atoms with Crippen LogP contribution in [-0.2, 0) is 0 Å². The molecule has 0 unspecified atom stereocenters. The lowest BCUT2D eigenvalue weighted by Gasteiger charge is -2.29. The average Bonchev–Trinajstić information content (AvgIpc) is 2.21. The molecule has 0 aromatic carbocycles. The Morgan fingerprint density at radius 2 is 1.71 bits per heavy atom. The van der Waals surface area contributed by atoms with Crippen LogP contribution in [0, 0.1) is 0 Å². The van der Waals surface area contributed by atoms with E-state index in [9.17, 15) is 5.11 Å². The first-order valence-electron chi connectivity index (χ1n) is 5.79. The third-order valence-electron chi connectivity index (χ3n) is 2.92. The number of hydrogen-bond acceptors (Lipinski definition) is 2. The molecule has 1 N–H and O–H groups in total. The van der Waals surface area contributed by atoms with Crippen molar-refractivity contribution in [2.75, 3.05) is 25.5 Å². The Balaban J connectivity index is 1.91. The molecule has 1 fully saturated rings. The molecule has 0 atom stereocenters. The zero-order valence-electron chi connectivity index (χ0n) is 8.92. The van der Waals surface area contributed by atoms with Gasteiger partial charge in [-0.15, -0.1) is 11.6 Å². The third-order valence-corrected chi connectivity index (χ3v) is 3.18. The van der Waals surface area contributed by atoms with E-state index in [4.69, 9.17) is 11.6 Å². The lowest BCUT2D eigenvalue weighted by molar-refractivity contribution is 0.0818. The van der Waals surface area contributed by atoms with Gasteiger partial charge in [-0.2, -0.15) is 0 Å². The van der Waals surface area contributed by atoms with Gasteiger partial charge in [-0.3, -0.25) is 0 Å². The monoisotopic (exact) mass is 219 g/mol. The van der Waals surface area contributed by atoms with Gasteiger partial charge >= 0.3 is 0 Å². The van der Waals surface area contributed by atoms with Crippen molar-refractivity contribution in [2.45, 2.75) is 44.6 Å². The minimum Gasteiger partial charge on any atom is -0.393 e. The van der Waals surface area contributed by atoms with Crippen LogP contribution in [0.4, 0.5) is 0 Å². The summed E-state index contributed by atoms with van der Waals surface area (Å²) in [7, 11) is 0. The average molecular weight is 220 g/mol. The van der Waals surface area contributed by atoms with Gasteiger partial charge in [0.1, 0.15) is 0 Å². The van der Waals surface area contributed by atoms with Crippen LogP contribution in [0.2, 0.25) is 0 Å². The fourth-order valence-corrected chi connectivity index (χ4v) is 2.12. The molecule has 0 bridgehead atoms. The van der Waals surface area contributed by atoms with Gasteiger partial charge in [0, 0.05) is 19.0 Å². The molecular formula is C11H22ClNO. The maximum Gasteiger partial charge on any atom is 0.0564 e. The van der Waals surface area contributed by atoms with Gasteiger partial charge < -0.3 is 10.0 Å². The SMILES string of the molecule is OC1CCN(CCCCCCCl)CC1. The molecule has 0 saturated carbocycles. The van der Waals surface area contributed by atoms with E-state index in [-0.39, 0.29) is 6.10 Å². The maximum atomic E-state index is 9.33. The number of halogens is 1. The van der Waals surface area contributed by atoms with E-state index in [1.165, 1.54) is 25.8 Å². The van der Waals surface area contributed by atoms with Gasteiger partial charge in [0.25, 0.3) is 0 Å². The lowest BCUT2D eigenvalue weighted by atomic mass is 10.1. The highest BCUT2D eigenvalue weighted by atomic mass is 35.5. The highest BCUT2D eigenvalue weighted by molar-refractivity contribution is 6.17. The lowest BCUT2D eigenvalue weighted by Crippen LogP contribution is -2.36. The van der Waals surface area contributed by atoms with Gasteiger partial charge in [-0.05, 0) is 32.2 Å². The molecule has 0 amide bonds. The highest BCUT2D eigenvalue weighted by Crippen LogP contribution is 2.11. The molecule has 0 aliphatic carbocycles. The van der Waals surface area contributed by atoms with E-state index in [0.717, 1.165) is 38.2 Å². The number of aliphatic hydroxyl groups excluding tert-OH is 1. The fourth-order valence-electron chi connectivity index (χ4n) is 1.93. The van der Waals surface area contributed by atoms with Gasteiger partial charge in [-0.1, -0.05) is 12.8 Å². The molecule has 1 heterocycles. The van der Waals surface area contributed by atoms with Crippen LogP contribution in [0.3, 0.4) is 0 Å². The summed E-state index contributed by atoms with van der Waals surface area (Å²) in [6.45, 7) is 3.36. The number of aliphatic hydroxyl groups is 1. The molecule has 3 heteroatoms. The summed E-state index contributed by atoms with van der Waals surface area (Å²) >= 11 is 5.61. The number of unbranched alkanes of at least 4 members (excludes halogenated alkanes) is 3. The van der Waals surface area contributed by atoms with E-state index in [1.807, 2.05) is 0 Å². The molecule has 0 spiro atoms. The van der Waals surface area contributed by atoms with Crippen molar-refractivity contribution in [1.29, 1.82) is 0 Å². The smallest absolute Gasteiger partial charge is 0.0564 e. The molecule has 2 nitrogen and oxygen atoms in total. The first-order chi connectivity index (χ1) is 6.83. The van der Waals surface area contributed by atoms with Gasteiger partial charge in [0.15, 0.2) is 0 Å². The summed E-state index contributed by atoms with van der Waals surface area (Å²) in [5.41, 5.74) is 0. The molecule has 0 aromatic heterocycles. The Morgan fingerprint density at radius 1 is 1.07 bits per heavy atom. The molecule has 84 valence electrons. The summed E-state index contributed by atoms with van der Waals surface area (Å²) in [6.07, 6.45) is 6.88. The van der Waals surface area contributed by atoms with Gasteiger partial charge in [0.2, 0.25) is 0 Å². The Kier molecular flexibility index (Phi) is 6.57. The summed E-state index contributed by atoms with van der Waals surface area (Å²) in [6, 6.07) is 0. The minimum atomic E-state index is -0.0394. The van der Waals surface area contributed by atoms with E-state index in [1.54, 1.807) is 0 Å². The Morgan fingerprint density at radius 3 is 2.36 bits per heavy atom. The van der Waals surface area contributed by atoms with E-state index in [2.05, 4.69) is 4.90 Å². The number of piperidine rings is 1. The molecular weight excluding hydrogens is 198 g/mol. The minimum absolute atomic E-state index is 0.0394. The predicted octanol–water partition coefficient (Wildman–Crippen LogP) is 2.24. The summed E-state index contributed by atoms with van der Waals surface area (Å²) in [5, 5.41) is 9.33. The Labute approximate surface area is 92.2 Å². The van der Waals surface area contributed by atoms with Crippen LogP contribution in [0.15, 0.2) is 0 Å². The van der Waals surface area contributed by atoms with Crippen molar-refractivity contribution in [3.8, 4) is 0 Å². The van der Waals surface area contributed by atoms with Crippen LogP contribution in [0.1, 0.15) is 38.5 Å². The Bertz CT molecular complexity index is 135. The number of likely N-dealkylation sites (tertiary alicyclic amines) is 1. The van der Waals surface area contributed by atoms with Crippen molar-refractivity contribution in [1.82, 2.24) is 4.90 Å². The number of alkyl halides is 1. The van der Waals surface area contributed by atoms with Crippen molar-refractivity contribution in [2.24, 2.45) is 0 Å². The van der Waals surface area contributed by atoms with Gasteiger partial charge in [0.05, 0.1) is 6.10 Å². The summed E-state index contributed by atoms with van der Waals surface area (Å²) < 4.78 is 0. The van der Waals surface area contributed by atoms with Gasteiger partial charge in [-0.25, -0.2) is 0 Å². The van der Waals surface area contributed by atoms with E-state index >= 15 is 0 Å². The van der Waals surface area contributed by atoms with Crippen LogP contribution < -0.4 is 0 Å². The zero-order valence-corrected chi connectivity index (χ0v) is 9.68. The van der Waals surface area contributed by atoms with Crippen molar-refractivity contribution < 1.29 is 5.11 Å². The quantitative estimate of drug-likeness (QED) is 0.547. The van der Waals surface area contributed by atoms with Crippen molar-refractivity contribution >= 4 is 11.6 Å². The van der Waals surface area contributed by atoms with Crippen LogP contribution in [0.5, 0.6) is 0 Å². The molecule has 1 rings (SSSR count). The second-order valence-corrected chi connectivity index (χ2v) is 4.55. The molecule has 14 heavy (non-hydrogen) atoms. The zero-order chi connectivity index (χ0) is 10.2. The van der Waals surface area contributed by atoms with E-state index in [0.29, 0.717) is 0 Å². The Hall–Kier alpha value is 0.210. The topological polar surface area (TPSA) is 23.5 Å². The van der Waals surface area contributed by atoms with Crippen molar-refractivity contribution in [3.05, 3.63) is 0 Å². The predicted molar refractivity (Wildman–Crippen MR) is 60.9 cm³/mol. The first-order valence-corrected chi connectivity index (χ1v) is 6.33.